The van der Waals surface area contributed by atoms with Gasteiger partial charge >= 0.3 is 6.18 Å². The Labute approximate surface area is 199 Å². The Balaban J connectivity index is 1.61. The fraction of sp³-hybridized carbons (Fsp3) is 0.350. The standard InChI is InChI=1S/C20H20Cl2F3N3O4S/c1-32-17-5-2-13(21)10-18(17)33(30,31)28-8-6-27(7-9-28)12-19(29)26-14-3-4-16(22)15(11-14)20(23,24)25/h2-5,10-11H,6-9,12H2,1H3,(H,26,29)/p+1. The quantitative estimate of drug-likeness (QED) is 0.606. The molecule has 13 heteroatoms. The topological polar surface area (TPSA) is 80.2 Å². The lowest BCUT2D eigenvalue weighted by molar-refractivity contribution is -0.895. The lowest BCUT2D eigenvalue weighted by Crippen LogP contribution is -3.15. The summed E-state index contributed by atoms with van der Waals surface area (Å²) in [6.45, 7) is 0.950. The molecule has 1 fully saturated rings. The van der Waals surface area contributed by atoms with Crippen LogP contribution in [-0.4, -0.2) is 58.5 Å². The molecular weight excluding hydrogens is 506 g/mol. The molecule has 0 spiro atoms. The van der Waals surface area contributed by atoms with Crippen molar-refractivity contribution in [3.63, 3.8) is 0 Å². The summed E-state index contributed by atoms with van der Waals surface area (Å²) in [6.07, 6.45) is -4.64. The fourth-order valence-electron chi connectivity index (χ4n) is 3.46. The van der Waals surface area contributed by atoms with Gasteiger partial charge in [0.15, 0.2) is 6.54 Å². The number of benzene rings is 2. The number of methoxy groups -OCH3 is 1. The number of nitrogens with zero attached hydrogens (tertiary/aromatic N) is 1. The van der Waals surface area contributed by atoms with Gasteiger partial charge in [0.05, 0.1) is 43.9 Å². The molecule has 0 aromatic heterocycles. The second kappa shape index (κ2) is 10.1. The summed E-state index contributed by atoms with van der Waals surface area (Å²) < 4.78 is 71.5. The van der Waals surface area contributed by atoms with Crippen molar-refractivity contribution in [2.75, 3.05) is 45.2 Å². The molecule has 3 rings (SSSR count). The number of halogens is 5. The second-order valence-corrected chi connectivity index (χ2v) is 10.1. The van der Waals surface area contributed by atoms with Crippen molar-refractivity contribution < 1.29 is 36.0 Å². The number of alkyl halides is 3. The smallest absolute Gasteiger partial charge is 0.417 e. The highest BCUT2D eigenvalue weighted by molar-refractivity contribution is 7.89. The van der Waals surface area contributed by atoms with Gasteiger partial charge in [0.2, 0.25) is 10.0 Å². The summed E-state index contributed by atoms with van der Waals surface area (Å²) in [6, 6.07) is 7.46. The first-order chi connectivity index (χ1) is 15.4. The largest absolute Gasteiger partial charge is 0.495 e. The van der Waals surface area contributed by atoms with E-state index in [2.05, 4.69) is 5.32 Å². The van der Waals surface area contributed by atoms with Gasteiger partial charge in [-0.25, -0.2) is 8.42 Å². The maximum absolute atomic E-state index is 13.0. The van der Waals surface area contributed by atoms with Gasteiger partial charge in [0.1, 0.15) is 10.6 Å². The molecule has 1 heterocycles. The molecule has 0 unspecified atom stereocenters. The van der Waals surface area contributed by atoms with Gasteiger partial charge in [-0.3, -0.25) is 4.79 Å². The lowest BCUT2D eigenvalue weighted by Gasteiger charge is -2.31. The number of ether oxygens (including phenoxy) is 1. The van der Waals surface area contributed by atoms with Crippen LogP contribution in [0, 0.1) is 0 Å². The first kappa shape index (κ1) is 25.6. The average Bonchev–Trinajstić information content (AvgIpc) is 2.74. The number of hydrogen-bond acceptors (Lipinski definition) is 4. The van der Waals surface area contributed by atoms with E-state index in [1.807, 2.05) is 0 Å². The lowest BCUT2D eigenvalue weighted by atomic mass is 10.2. The minimum Gasteiger partial charge on any atom is -0.495 e. The number of hydrogen-bond donors (Lipinski definition) is 2. The summed E-state index contributed by atoms with van der Waals surface area (Å²) in [5.74, 6) is -0.317. The minimum atomic E-state index is -4.64. The average molecular weight is 527 g/mol. The number of quaternary nitrogens is 1. The zero-order valence-electron chi connectivity index (χ0n) is 17.4. The van der Waals surface area contributed by atoms with Gasteiger partial charge in [-0.2, -0.15) is 17.5 Å². The zero-order chi connectivity index (χ0) is 24.4. The number of sulfonamides is 1. The Morgan fingerprint density at radius 3 is 2.42 bits per heavy atom. The van der Waals surface area contributed by atoms with Crippen molar-refractivity contribution in [1.29, 1.82) is 0 Å². The molecule has 2 aromatic carbocycles. The van der Waals surface area contributed by atoms with Crippen molar-refractivity contribution >= 4 is 44.8 Å². The summed E-state index contributed by atoms with van der Waals surface area (Å²) in [4.78, 5) is 13.1. The highest BCUT2D eigenvalue weighted by Gasteiger charge is 2.35. The number of piperazine rings is 1. The van der Waals surface area contributed by atoms with Crippen LogP contribution in [0.25, 0.3) is 0 Å². The predicted molar refractivity (Wildman–Crippen MR) is 117 cm³/mol. The van der Waals surface area contributed by atoms with Crippen molar-refractivity contribution in [3.8, 4) is 5.75 Å². The van der Waals surface area contributed by atoms with E-state index in [1.165, 1.54) is 35.7 Å². The molecule has 2 N–H and O–H groups in total. The normalized spacial score (nSPS) is 15.9. The molecule has 1 saturated heterocycles. The molecule has 1 amide bonds. The van der Waals surface area contributed by atoms with Crippen LogP contribution in [0.15, 0.2) is 41.3 Å². The first-order valence-electron chi connectivity index (χ1n) is 9.75. The second-order valence-electron chi connectivity index (χ2n) is 7.37. The van der Waals surface area contributed by atoms with E-state index in [-0.39, 0.29) is 41.0 Å². The van der Waals surface area contributed by atoms with Crippen LogP contribution in [0.5, 0.6) is 5.75 Å². The number of carbonyl (C=O) groups excluding carboxylic acids is 1. The molecule has 7 nitrogen and oxygen atoms in total. The van der Waals surface area contributed by atoms with Crippen LogP contribution in [-0.2, 0) is 21.0 Å². The van der Waals surface area contributed by atoms with E-state index in [9.17, 15) is 26.4 Å². The summed E-state index contributed by atoms with van der Waals surface area (Å²) >= 11 is 11.5. The van der Waals surface area contributed by atoms with Gasteiger partial charge in [-0.15, -0.1) is 0 Å². The molecular formula is C20H21Cl2F3N3O4S+. The van der Waals surface area contributed by atoms with Crippen molar-refractivity contribution in [2.45, 2.75) is 11.1 Å². The number of nitrogens with one attached hydrogen (secondary N) is 2. The van der Waals surface area contributed by atoms with Gasteiger partial charge in [-0.1, -0.05) is 23.2 Å². The highest BCUT2D eigenvalue weighted by Crippen LogP contribution is 2.36. The third kappa shape index (κ3) is 6.10. The fourth-order valence-corrected chi connectivity index (χ4v) is 5.55. The van der Waals surface area contributed by atoms with Crippen LogP contribution in [0.1, 0.15) is 5.56 Å². The van der Waals surface area contributed by atoms with Crippen molar-refractivity contribution in [3.05, 3.63) is 52.0 Å². The van der Waals surface area contributed by atoms with Gasteiger partial charge in [0.25, 0.3) is 5.91 Å². The molecule has 1 aliphatic rings. The van der Waals surface area contributed by atoms with Crippen LogP contribution in [0.2, 0.25) is 10.0 Å². The highest BCUT2D eigenvalue weighted by atomic mass is 35.5. The van der Waals surface area contributed by atoms with E-state index in [1.54, 1.807) is 0 Å². The van der Waals surface area contributed by atoms with E-state index in [0.29, 0.717) is 13.1 Å². The number of carbonyl (C=O) groups is 1. The summed E-state index contributed by atoms with van der Waals surface area (Å²) in [7, 11) is -2.50. The molecule has 33 heavy (non-hydrogen) atoms. The van der Waals surface area contributed by atoms with E-state index >= 15 is 0 Å². The summed E-state index contributed by atoms with van der Waals surface area (Å²) in [5, 5.41) is 2.23. The molecule has 0 radical (unpaired) electrons. The van der Waals surface area contributed by atoms with Crippen molar-refractivity contribution in [1.82, 2.24) is 4.31 Å². The van der Waals surface area contributed by atoms with Crippen LogP contribution in [0.3, 0.4) is 0 Å². The third-order valence-corrected chi connectivity index (χ3v) is 7.62. The monoisotopic (exact) mass is 526 g/mol. The first-order valence-corrected chi connectivity index (χ1v) is 12.0. The molecule has 180 valence electrons. The molecule has 1 aliphatic heterocycles. The number of amides is 1. The van der Waals surface area contributed by atoms with Crippen LogP contribution >= 0.6 is 23.2 Å². The van der Waals surface area contributed by atoms with Gasteiger partial charge in [0, 0.05) is 10.7 Å². The molecule has 0 atom stereocenters. The molecule has 0 aliphatic carbocycles. The van der Waals surface area contributed by atoms with E-state index < -0.39 is 32.7 Å². The van der Waals surface area contributed by atoms with E-state index in [0.717, 1.165) is 17.0 Å². The zero-order valence-corrected chi connectivity index (χ0v) is 19.7. The maximum atomic E-state index is 13.0. The number of rotatable bonds is 6. The Morgan fingerprint density at radius 2 is 1.82 bits per heavy atom. The number of anilines is 1. The Bertz CT molecular complexity index is 1140. The Kier molecular flexibility index (Phi) is 7.80. The SMILES string of the molecule is COc1ccc(Cl)cc1S(=O)(=O)N1CC[NH+](CC(=O)Nc2ccc(Cl)c(C(F)(F)F)c2)CC1. The predicted octanol–water partition coefficient (Wildman–Crippen LogP) is 2.55. The van der Waals surface area contributed by atoms with Crippen molar-refractivity contribution in [2.24, 2.45) is 0 Å². The minimum absolute atomic E-state index is 0.0228. The van der Waals surface area contributed by atoms with Gasteiger partial charge < -0.3 is 15.0 Å². The van der Waals surface area contributed by atoms with Crippen LogP contribution < -0.4 is 15.0 Å². The molecule has 2 aromatic rings. The molecule has 0 saturated carbocycles. The van der Waals surface area contributed by atoms with Crippen LogP contribution in [0.4, 0.5) is 18.9 Å². The maximum Gasteiger partial charge on any atom is 0.417 e. The third-order valence-electron chi connectivity index (χ3n) is 5.14. The Hall–Kier alpha value is -2.05. The molecule has 0 bridgehead atoms. The van der Waals surface area contributed by atoms with Gasteiger partial charge in [-0.05, 0) is 36.4 Å². The summed E-state index contributed by atoms with van der Waals surface area (Å²) in [5.41, 5.74) is -1.06. The van der Waals surface area contributed by atoms with E-state index in [4.69, 9.17) is 27.9 Å². The Morgan fingerprint density at radius 1 is 1.15 bits per heavy atom.